The van der Waals surface area contributed by atoms with Gasteiger partial charge in [-0.15, -0.1) is 0 Å². The van der Waals surface area contributed by atoms with E-state index in [4.69, 9.17) is 22.1 Å². The average Bonchev–Trinajstić information content (AvgIpc) is 2.56. The third-order valence-electron chi connectivity index (χ3n) is 3.32. The summed E-state index contributed by atoms with van der Waals surface area (Å²) in [6, 6.07) is 3.04. The van der Waals surface area contributed by atoms with Gasteiger partial charge in [-0.1, -0.05) is 17.7 Å². The number of nitrogens with two attached hydrogens (primary N) is 1. The second kappa shape index (κ2) is 7.79. The second-order valence-corrected chi connectivity index (χ2v) is 5.56. The van der Waals surface area contributed by atoms with Gasteiger partial charge in [0.25, 0.3) is 0 Å². The van der Waals surface area contributed by atoms with Gasteiger partial charge in [-0.3, -0.25) is 0 Å². The van der Waals surface area contributed by atoms with E-state index in [2.05, 4.69) is 9.97 Å². The molecule has 6 nitrogen and oxygen atoms in total. The van der Waals surface area contributed by atoms with E-state index in [0.717, 1.165) is 6.08 Å². The Kier molecular flexibility index (Phi) is 5.75. The third kappa shape index (κ3) is 3.79. The highest BCUT2D eigenvalue weighted by atomic mass is 35.5. The van der Waals surface area contributed by atoms with Crippen LogP contribution in [0.3, 0.4) is 0 Å². The summed E-state index contributed by atoms with van der Waals surface area (Å²) in [5, 5.41) is 0.270. The fourth-order valence-corrected chi connectivity index (χ4v) is 2.52. The standard InChI is InChI=1S/C17H16ClFN4O2/c1-23(2)14-12(18)8-7-10(13(14)19)16-21-15(20)11(6-4-5-9-24)17(22-16)25-3/h4-8H,1-3H3,(H2,20,21,22). The Balaban J connectivity index is 2.64. The van der Waals surface area contributed by atoms with Gasteiger partial charge in [0.05, 0.1) is 28.9 Å². The summed E-state index contributed by atoms with van der Waals surface area (Å²) >= 11 is 6.05. The van der Waals surface area contributed by atoms with E-state index in [9.17, 15) is 9.18 Å². The Morgan fingerprint density at radius 1 is 1.36 bits per heavy atom. The summed E-state index contributed by atoms with van der Waals surface area (Å²) in [7, 11) is 4.76. The first-order valence-electron chi connectivity index (χ1n) is 7.15. The molecule has 0 saturated heterocycles. The topological polar surface area (TPSA) is 81.3 Å². The van der Waals surface area contributed by atoms with Crippen molar-refractivity contribution >= 4 is 35.1 Å². The number of allylic oxidation sites excluding steroid dienone is 2. The summed E-state index contributed by atoms with van der Waals surface area (Å²) in [6.07, 6.45) is 4.10. The molecule has 0 aliphatic carbocycles. The number of anilines is 2. The van der Waals surface area contributed by atoms with E-state index < -0.39 is 5.82 Å². The molecule has 0 bridgehead atoms. The third-order valence-corrected chi connectivity index (χ3v) is 3.62. The molecule has 2 N–H and O–H groups in total. The molecular formula is C17H16ClFN4O2. The van der Waals surface area contributed by atoms with Crippen LogP contribution in [0.2, 0.25) is 5.02 Å². The molecular weight excluding hydrogens is 347 g/mol. The first kappa shape index (κ1) is 18.4. The molecule has 0 saturated carbocycles. The molecule has 0 aliphatic heterocycles. The number of methoxy groups -OCH3 is 1. The summed E-state index contributed by atoms with van der Waals surface area (Å²) in [5.41, 5.74) is 6.68. The average molecular weight is 363 g/mol. The molecule has 130 valence electrons. The van der Waals surface area contributed by atoms with Gasteiger partial charge < -0.3 is 15.4 Å². The van der Waals surface area contributed by atoms with Crippen molar-refractivity contribution in [1.82, 2.24) is 9.97 Å². The molecule has 0 fully saturated rings. The minimum Gasteiger partial charge on any atom is -0.480 e. The molecule has 1 heterocycles. The van der Waals surface area contributed by atoms with Crippen LogP contribution in [0.15, 0.2) is 24.3 Å². The van der Waals surface area contributed by atoms with Crippen LogP contribution in [0.1, 0.15) is 5.56 Å². The zero-order valence-corrected chi connectivity index (χ0v) is 14.6. The summed E-state index contributed by atoms with van der Waals surface area (Å²) in [4.78, 5) is 20.2. The largest absolute Gasteiger partial charge is 0.480 e. The van der Waals surface area contributed by atoms with Crippen LogP contribution in [0.4, 0.5) is 15.9 Å². The SMILES string of the molecule is COc1nc(-c2ccc(Cl)c(N(C)C)c2F)nc(N)c1C=CC=C=O. The Labute approximate surface area is 149 Å². The highest BCUT2D eigenvalue weighted by Gasteiger charge is 2.19. The van der Waals surface area contributed by atoms with E-state index >= 15 is 0 Å². The van der Waals surface area contributed by atoms with Crippen molar-refractivity contribution in [3.8, 4) is 17.3 Å². The Morgan fingerprint density at radius 3 is 2.68 bits per heavy atom. The molecule has 1 aromatic carbocycles. The van der Waals surface area contributed by atoms with Crippen LogP contribution in [-0.4, -0.2) is 37.1 Å². The predicted octanol–water partition coefficient (Wildman–Crippen LogP) is 2.99. The number of rotatable bonds is 5. The van der Waals surface area contributed by atoms with Gasteiger partial charge in [-0.2, -0.15) is 4.98 Å². The van der Waals surface area contributed by atoms with Gasteiger partial charge in [0.1, 0.15) is 11.8 Å². The predicted molar refractivity (Wildman–Crippen MR) is 97.0 cm³/mol. The molecule has 0 unspecified atom stereocenters. The van der Waals surface area contributed by atoms with Crippen molar-refractivity contribution in [2.45, 2.75) is 0 Å². The molecule has 0 spiro atoms. The van der Waals surface area contributed by atoms with Crippen molar-refractivity contribution < 1.29 is 13.9 Å². The minimum atomic E-state index is -0.564. The van der Waals surface area contributed by atoms with E-state index in [1.807, 2.05) is 0 Å². The van der Waals surface area contributed by atoms with Crippen LogP contribution in [0, 0.1) is 5.82 Å². The van der Waals surface area contributed by atoms with Crippen molar-refractivity contribution in [3.63, 3.8) is 0 Å². The van der Waals surface area contributed by atoms with Crippen LogP contribution in [-0.2, 0) is 4.79 Å². The molecule has 8 heteroatoms. The lowest BCUT2D eigenvalue weighted by molar-refractivity contribution is 0.396. The Bertz CT molecular complexity index is 877. The minimum absolute atomic E-state index is 0.0645. The summed E-state index contributed by atoms with van der Waals surface area (Å²) in [5.74, 6) is 1.34. The number of nitrogens with zero attached hydrogens (tertiary/aromatic N) is 3. The lowest BCUT2D eigenvalue weighted by Gasteiger charge is -2.17. The molecule has 2 aromatic rings. The smallest absolute Gasteiger partial charge is 0.226 e. The van der Waals surface area contributed by atoms with Crippen molar-refractivity contribution in [1.29, 1.82) is 0 Å². The van der Waals surface area contributed by atoms with Gasteiger partial charge in [-0.25, -0.2) is 14.2 Å². The van der Waals surface area contributed by atoms with E-state index in [-0.39, 0.29) is 33.8 Å². The second-order valence-electron chi connectivity index (χ2n) is 5.15. The van der Waals surface area contributed by atoms with Crippen molar-refractivity contribution in [3.05, 3.63) is 40.7 Å². The lowest BCUT2D eigenvalue weighted by Crippen LogP contribution is -2.12. The first-order valence-corrected chi connectivity index (χ1v) is 7.53. The van der Waals surface area contributed by atoms with Gasteiger partial charge >= 0.3 is 0 Å². The fourth-order valence-electron chi connectivity index (χ4n) is 2.21. The molecule has 0 atom stereocenters. The maximum absolute atomic E-state index is 14.8. The van der Waals surface area contributed by atoms with Crippen LogP contribution < -0.4 is 15.4 Å². The number of carbonyl (C=O) groups excluding carboxylic acids is 1. The van der Waals surface area contributed by atoms with Crippen molar-refractivity contribution in [2.75, 3.05) is 31.8 Å². The maximum atomic E-state index is 14.8. The number of hydrogen-bond acceptors (Lipinski definition) is 6. The zero-order chi connectivity index (χ0) is 18.6. The fraction of sp³-hybridized carbons (Fsp3) is 0.176. The normalized spacial score (nSPS) is 10.6. The van der Waals surface area contributed by atoms with E-state index in [0.29, 0.717) is 5.56 Å². The monoisotopic (exact) mass is 362 g/mol. The molecule has 2 rings (SSSR count). The molecule has 0 radical (unpaired) electrons. The number of ether oxygens (including phenoxy) is 1. The number of hydrogen-bond donors (Lipinski definition) is 1. The maximum Gasteiger partial charge on any atom is 0.226 e. The van der Waals surface area contributed by atoms with E-state index in [1.54, 1.807) is 31.0 Å². The van der Waals surface area contributed by atoms with Crippen molar-refractivity contribution in [2.24, 2.45) is 0 Å². The molecule has 25 heavy (non-hydrogen) atoms. The first-order chi connectivity index (χ1) is 11.9. The van der Waals surface area contributed by atoms with Crippen LogP contribution in [0.25, 0.3) is 17.5 Å². The number of benzene rings is 1. The highest BCUT2D eigenvalue weighted by Crippen LogP contribution is 2.35. The summed E-state index contributed by atoms with van der Waals surface area (Å²) < 4.78 is 20.0. The lowest BCUT2D eigenvalue weighted by atomic mass is 10.1. The number of nitrogen functional groups attached to an aromatic ring is 1. The zero-order valence-electron chi connectivity index (χ0n) is 13.9. The quantitative estimate of drug-likeness (QED) is 0.650. The van der Waals surface area contributed by atoms with Gasteiger partial charge in [0.2, 0.25) is 5.88 Å². The number of aromatic nitrogens is 2. The van der Waals surface area contributed by atoms with Gasteiger partial charge in [-0.05, 0) is 18.2 Å². The number of halogens is 2. The molecule has 0 amide bonds. The molecule has 1 aromatic heterocycles. The Morgan fingerprint density at radius 2 is 2.08 bits per heavy atom. The summed E-state index contributed by atoms with van der Waals surface area (Å²) in [6.45, 7) is 0. The van der Waals surface area contributed by atoms with E-state index in [1.165, 1.54) is 25.3 Å². The van der Waals surface area contributed by atoms with Gasteiger partial charge in [0.15, 0.2) is 11.6 Å². The Hall–Kier alpha value is -2.89. The van der Waals surface area contributed by atoms with Crippen LogP contribution in [0.5, 0.6) is 5.88 Å². The van der Waals surface area contributed by atoms with Crippen LogP contribution >= 0.6 is 11.6 Å². The van der Waals surface area contributed by atoms with Gasteiger partial charge in [0, 0.05) is 20.2 Å². The molecule has 0 aliphatic rings. The highest BCUT2D eigenvalue weighted by molar-refractivity contribution is 6.33.